The lowest BCUT2D eigenvalue weighted by Gasteiger charge is -2.18. The van der Waals surface area contributed by atoms with Gasteiger partial charge in [-0.3, -0.25) is 9.20 Å². The fourth-order valence-electron chi connectivity index (χ4n) is 4.75. The maximum atomic E-state index is 14.3. The molecule has 0 bridgehead atoms. The summed E-state index contributed by atoms with van der Waals surface area (Å²) in [6.07, 6.45) is 6.77. The standard InChI is InChI=1S/C27H20ClFN8O2S/c1-13(18-8-20-36(19(28)11-40-20)26(38)21(18)14-3-2-4-16(29)7-14)37-25-22(24(30)33-12-34-25)23(35-37)15-9-31-27(32-10-15)39-17-5-6-17/h2-4,7-13,17H,5-6H2,1H3,(H2,30,33,34)/t13-/m0/s1. The number of halogens is 2. The molecule has 0 radical (unpaired) electrons. The van der Waals surface area contributed by atoms with Crippen LogP contribution < -0.4 is 16.0 Å². The third-order valence-electron chi connectivity index (χ3n) is 6.84. The number of nitrogen functional groups attached to an aromatic ring is 1. The van der Waals surface area contributed by atoms with Crippen molar-refractivity contribution in [2.24, 2.45) is 0 Å². The highest BCUT2D eigenvalue weighted by atomic mass is 35.5. The maximum absolute atomic E-state index is 14.3. The monoisotopic (exact) mass is 574 g/mol. The Hall–Kier alpha value is -4.42. The van der Waals surface area contributed by atoms with Gasteiger partial charge in [-0.1, -0.05) is 23.7 Å². The molecule has 1 aliphatic rings. The Bertz CT molecular complexity index is 1980. The first-order valence-electron chi connectivity index (χ1n) is 12.5. The number of thiazole rings is 1. The molecule has 6 aromatic rings. The molecular formula is C27H20ClFN8O2S. The number of ether oxygens (including phenoxy) is 1. The molecule has 5 aromatic heterocycles. The van der Waals surface area contributed by atoms with Crippen LogP contribution in [0.5, 0.6) is 6.01 Å². The molecule has 0 unspecified atom stereocenters. The zero-order valence-corrected chi connectivity index (χ0v) is 22.5. The van der Waals surface area contributed by atoms with Gasteiger partial charge >= 0.3 is 6.01 Å². The number of nitrogens with zero attached hydrogens (tertiary/aromatic N) is 7. The van der Waals surface area contributed by atoms with Gasteiger partial charge in [-0.25, -0.2) is 29.0 Å². The molecule has 1 fully saturated rings. The SMILES string of the molecule is C[C@@H](c1cc2scc(Cl)n2c(=O)c1-c1cccc(F)c1)n1nc(-c2cnc(OC3CC3)nc2)c2c(N)ncnc21. The Morgan fingerprint density at radius 3 is 2.70 bits per heavy atom. The second-order valence-electron chi connectivity index (χ2n) is 9.52. The summed E-state index contributed by atoms with van der Waals surface area (Å²) in [6.45, 7) is 1.89. The number of rotatable bonds is 6. The lowest BCUT2D eigenvalue weighted by atomic mass is 9.97. The highest BCUT2D eigenvalue weighted by Crippen LogP contribution is 2.36. The molecule has 13 heteroatoms. The molecule has 0 saturated heterocycles. The van der Waals surface area contributed by atoms with Crippen molar-refractivity contribution in [2.75, 3.05) is 5.73 Å². The van der Waals surface area contributed by atoms with E-state index >= 15 is 0 Å². The molecule has 0 aliphatic heterocycles. The molecule has 1 saturated carbocycles. The zero-order valence-electron chi connectivity index (χ0n) is 21.0. The van der Waals surface area contributed by atoms with Gasteiger partial charge in [0.05, 0.1) is 17.0 Å². The Morgan fingerprint density at radius 1 is 1.15 bits per heavy atom. The van der Waals surface area contributed by atoms with Gasteiger partial charge in [-0.15, -0.1) is 11.3 Å². The van der Waals surface area contributed by atoms with Crippen LogP contribution in [-0.4, -0.2) is 40.2 Å². The molecule has 2 N–H and O–H groups in total. The van der Waals surface area contributed by atoms with Crippen molar-refractivity contribution in [3.8, 4) is 28.4 Å². The minimum absolute atomic E-state index is 0.169. The molecule has 40 heavy (non-hydrogen) atoms. The Morgan fingerprint density at radius 2 is 1.95 bits per heavy atom. The van der Waals surface area contributed by atoms with Crippen LogP contribution in [0.1, 0.15) is 31.4 Å². The van der Waals surface area contributed by atoms with E-state index in [1.54, 1.807) is 34.6 Å². The molecule has 7 rings (SSSR count). The van der Waals surface area contributed by atoms with Gasteiger partial charge in [-0.2, -0.15) is 5.10 Å². The lowest BCUT2D eigenvalue weighted by molar-refractivity contribution is 0.278. The molecule has 5 heterocycles. The largest absolute Gasteiger partial charge is 0.460 e. The van der Waals surface area contributed by atoms with Crippen LogP contribution in [0.2, 0.25) is 5.15 Å². The Labute approximate surface area is 234 Å². The number of nitrogens with two attached hydrogens (primary N) is 1. The molecule has 1 atom stereocenters. The zero-order chi connectivity index (χ0) is 27.5. The van der Waals surface area contributed by atoms with Crippen LogP contribution in [0.15, 0.2) is 59.2 Å². The summed E-state index contributed by atoms with van der Waals surface area (Å²) in [5, 5.41) is 7.37. The number of fused-ring (bicyclic) bond motifs is 2. The minimum Gasteiger partial charge on any atom is -0.460 e. The summed E-state index contributed by atoms with van der Waals surface area (Å²) in [5.41, 5.74) is 8.85. The summed E-state index contributed by atoms with van der Waals surface area (Å²) in [4.78, 5) is 31.8. The highest BCUT2D eigenvalue weighted by Gasteiger charge is 2.27. The quantitative estimate of drug-likeness (QED) is 0.289. The van der Waals surface area contributed by atoms with E-state index in [4.69, 9.17) is 27.2 Å². The normalized spacial score (nSPS) is 14.2. The number of aromatic nitrogens is 7. The number of benzene rings is 1. The summed E-state index contributed by atoms with van der Waals surface area (Å²) in [7, 11) is 0. The van der Waals surface area contributed by atoms with Gasteiger partial charge < -0.3 is 10.5 Å². The van der Waals surface area contributed by atoms with Crippen LogP contribution >= 0.6 is 22.9 Å². The van der Waals surface area contributed by atoms with Crippen LogP contribution in [-0.2, 0) is 0 Å². The van der Waals surface area contributed by atoms with E-state index in [-0.39, 0.29) is 22.6 Å². The van der Waals surface area contributed by atoms with Crippen molar-refractivity contribution in [1.82, 2.24) is 34.1 Å². The third-order valence-corrected chi connectivity index (χ3v) is 8.13. The first-order valence-corrected chi connectivity index (χ1v) is 13.7. The minimum atomic E-state index is -0.527. The number of anilines is 1. The fraction of sp³-hybridized carbons (Fsp3) is 0.185. The van der Waals surface area contributed by atoms with E-state index < -0.39 is 11.9 Å². The van der Waals surface area contributed by atoms with E-state index in [0.29, 0.717) is 49.8 Å². The second kappa shape index (κ2) is 9.35. The fourth-order valence-corrected chi connectivity index (χ4v) is 5.91. The van der Waals surface area contributed by atoms with Crippen LogP contribution in [0.3, 0.4) is 0 Å². The van der Waals surface area contributed by atoms with Crippen molar-refractivity contribution in [1.29, 1.82) is 0 Å². The van der Waals surface area contributed by atoms with Gasteiger partial charge in [-0.05, 0) is 49.1 Å². The first-order chi connectivity index (χ1) is 19.4. The van der Waals surface area contributed by atoms with Gasteiger partial charge in [0.15, 0.2) is 5.65 Å². The van der Waals surface area contributed by atoms with Crippen LogP contribution in [0.4, 0.5) is 10.2 Å². The first kappa shape index (κ1) is 24.6. The summed E-state index contributed by atoms with van der Waals surface area (Å²) < 4.78 is 23.1. The average Bonchev–Trinajstić information content (AvgIpc) is 3.55. The van der Waals surface area contributed by atoms with E-state index in [0.717, 1.165) is 12.8 Å². The van der Waals surface area contributed by atoms with E-state index in [2.05, 4.69) is 19.9 Å². The Kier molecular flexibility index (Phi) is 5.75. The summed E-state index contributed by atoms with van der Waals surface area (Å²) in [6, 6.07) is 7.56. The van der Waals surface area contributed by atoms with Crippen molar-refractivity contribution in [2.45, 2.75) is 31.9 Å². The topological polar surface area (TPSA) is 126 Å². The lowest BCUT2D eigenvalue weighted by Crippen LogP contribution is -2.20. The Balaban J connectivity index is 1.42. The van der Waals surface area contributed by atoms with Gasteiger partial charge in [0.25, 0.3) is 5.56 Å². The number of hydrogen-bond donors (Lipinski definition) is 1. The van der Waals surface area contributed by atoms with E-state index in [1.807, 2.05) is 13.0 Å². The van der Waals surface area contributed by atoms with Crippen LogP contribution in [0.25, 0.3) is 38.2 Å². The van der Waals surface area contributed by atoms with Crippen molar-refractivity contribution >= 4 is 44.6 Å². The van der Waals surface area contributed by atoms with Crippen LogP contribution in [0, 0.1) is 5.82 Å². The average molecular weight is 575 g/mol. The molecule has 0 spiro atoms. The second-order valence-corrected chi connectivity index (χ2v) is 10.8. The maximum Gasteiger partial charge on any atom is 0.316 e. The predicted octanol–water partition coefficient (Wildman–Crippen LogP) is 5.15. The van der Waals surface area contributed by atoms with Crippen molar-refractivity contribution in [3.05, 3.63) is 81.3 Å². The van der Waals surface area contributed by atoms with Gasteiger partial charge in [0.1, 0.15) is 39.7 Å². The number of hydrogen-bond acceptors (Lipinski definition) is 9. The van der Waals surface area contributed by atoms with Gasteiger partial charge in [0, 0.05) is 23.3 Å². The predicted molar refractivity (Wildman–Crippen MR) is 150 cm³/mol. The molecule has 10 nitrogen and oxygen atoms in total. The molecule has 200 valence electrons. The summed E-state index contributed by atoms with van der Waals surface area (Å²) >= 11 is 7.69. The smallest absolute Gasteiger partial charge is 0.316 e. The van der Waals surface area contributed by atoms with Crippen molar-refractivity contribution < 1.29 is 9.13 Å². The molecule has 1 aromatic carbocycles. The molecule has 0 amide bonds. The van der Waals surface area contributed by atoms with Crippen molar-refractivity contribution in [3.63, 3.8) is 0 Å². The van der Waals surface area contributed by atoms with Gasteiger partial charge in [0.2, 0.25) is 0 Å². The van der Waals surface area contributed by atoms with E-state index in [1.165, 1.54) is 34.2 Å². The third kappa shape index (κ3) is 4.07. The van der Waals surface area contributed by atoms with E-state index in [9.17, 15) is 9.18 Å². The molecule has 1 aliphatic carbocycles. The summed E-state index contributed by atoms with van der Waals surface area (Å²) in [5.74, 6) is -0.221. The highest BCUT2D eigenvalue weighted by molar-refractivity contribution is 7.16. The number of pyridine rings is 1. The molecular weight excluding hydrogens is 555 g/mol.